The van der Waals surface area contributed by atoms with E-state index in [2.05, 4.69) is 15.9 Å². The fraction of sp³-hybridized carbons (Fsp3) is 0.545. The van der Waals surface area contributed by atoms with Gasteiger partial charge in [-0.1, -0.05) is 0 Å². The number of aryl methyl sites for hydroxylation is 1. The molecule has 88 valence electrons. The van der Waals surface area contributed by atoms with Crippen LogP contribution in [0.1, 0.15) is 21.7 Å². The molecule has 16 heavy (non-hydrogen) atoms. The summed E-state index contributed by atoms with van der Waals surface area (Å²) in [6.45, 7) is 3.51. The van der Waals surface area contributed by atoms with Gasteiger partial charge in [-0.15, -0.1) is 11.3 Å². The van der Waals surface area contributed by atoms with Crippen LogP contribution in [-0.2, 0) is 4.74 Å². The van der Waals surface area contributed by atoms with Crippen molar-refractivity contribution in [3.05, 3.63) is 20.3 Å². The van der Waals surface area contributed by atoms with Gasteiger partial charge in [-0.2, -0.15) is 0 Å². The first-order valence-corrected chi connectivity index (χ1v) is 6.80. The van der Waals surface area contributed by atoms with Gasteiger partial charge in [0.05, 0.1) is 14.8 Å². The summed E-state index contributed by atoms with van der Waals surface area (Å²) >= 11 is 4.94. The number of hydrogen-bond donors (Lipinski definition) is 0. The molecule has 1 unspecified atom stereocenters. The van der Waals surface area contributed by atoms with E-state index in [1.165, 1.54) is 11.3 Å². The van der Waals surface area contributed by atoms with E-state index >= 15 is 0 Å². The molecule has 1 fully saturated rings. The Balaban J connectivity index is 2.08. The van der Waals surface area contributed by atoms with Gasteiger partial charge in [-0.3, -0.25) is 4.79 Å². The maximum atomic E-state index is 12.1. The highest BCUT2D eigenvalue weighted by Gasteiger charge is 2.27. The van der Waals surface area contributed by atoms with Crippen molar-refractivity contribution in [3.63, 3.8) is 0 Å². The van der Waals surface area contributed by atoms with E-state index in [4.69, 9.17) is 4.74 Å². The number of methoxy groups -OCH3 is 1. The van der Waals surface area contributed by atoms with E-state index in [1.54, 1.807) is 7.11 Å². The average Bonchev–Trinajstić information content (AvgIpc) is 2.86. The van der Waals surface area contributed by atoms with Gasteiger partial charge in [0.15, 0.2) is 0 Å². The predicted molar refractivity (Wildman–Crippen MR) is 68.1 cm³/mol. The minimum Gasteiger partial charge on any atom is -0.380 e. The summed E-state index contributed by atoms with van der Waals surface area (Å²) in [5.74, 6) is 0.123. The molecule has 1 amide bonds. The SMILES string of the molecule is COC1CCN(C(=O)c2cc(C)c(Br)s2)C1. The molecule has 1 aromatic heterocycles. The number of carbonyl (C=O) groups excluding carboxylic acids is 1. The van der Waals surface area contributed by atoms with Crippen LogP contribution in [0.3, 0.4) is 0 Å². The molecule has 2 heterocycles. The number of halogens is 1. The Kier molecular flexibility index (Phi) is 3.66. The number of thiophene rings is 1. The quantitative estimate of drug-likeness (QED) is 0.841. The maximum Gasteiger partial charge on any atom is 0.264 e. The van der Waals surface area contributed by atoms with Crippen LogP contribution in [0.2, 0.25) is 0 Å². The van der Waals surface area contributed by atoms with Crippen LogP contribution in [0.4, 0.5) is 0 Å². The Morgan fingerprint density at radius 3 is 2.94 bits per heavy atom. The van der Waals surface area contributed by atoms with Gasteiger partial charge < -0.3 is 9.64 Å². The lowest BCUT2D eigenvalue weighted by molar-refractivity contribution is 0.0728. The fourth-order valence-electron chi connectivity index (χ4n) is 1.83. The monoisotopic (exact) mass is 303 g/mol. The van der Waals surface area contributed by atoms with Crippen molar-refractivity contribution < 1.29 is 9.53 Å². The molecular weight excluding hydrogens is 290 g/mol. The first-order valence-electron chi connectivity index (χ1n) is 5.20. The third-order valence-corrected chi connectivity index (χ3v) is 4.96. The Bertz CT molecular complexity index is 385. The summed E-state index contributed by atoms with van der Waals surface area (Å²) < 4.78 is 6.30. The highest BCUT2D eigenvalue weighted by molar-refractivity contribution is 9.11. The van der Waals surface area contributed by atoms with Crippen molar-refractivity contribution in [1.29, 1.82) is 0 Å². The highest BCUT2D eigenvalue weighted by Crippen LogP contribution is 2.29. The molecular formula is C11H14BrNO2S. The first kappa shape index (κ1) is 12.1. The molecule has 3 nitrogen and oxygen atoms in total. The van der Waals surface area contributed by atoms with E-state index in [0.29, 0.717) is 6.54 Å². The second-order valence-electron chi connectivity index (χ2n) is 3.96. The van der Waals surface area contributed by atoms with E-state index in [9.17, 15) is 4.79 Å². The van der Waals surface area contributed by atoms with Gasteiger partial charge in [0.1, 0.15) is 0 Å². The Hall–Kier alpha value is -0.390. The molecule has 1 aromatic rings. The van der Waals surface area contributed by atoms with E-state index in [0.717, 1.165) is 27.2 Å². The van der Waals surface area contributed by atoms with Crippen molar-refractivity contribution in [2.75, 3.05) is 20.2 Å². The zero-order valence-corrected chi connectivity index (χ0v) is 11.7. The molecule has 1 aliphatic rings. The third-order valence-electron chi connectivity index (χ3n) is 2.83. The summed E-state index contributed by atoms with van der Waals surface area (Å²) in [6.07, 6.45) is 1.14. The molecule has 1 saturated heterocycles. The van der Waals surface area contributed by atoms with Crippen LogP contribution in [0.15, 0.2) is 9.85 Å². The number of carbonyl (C=O) groups is 1. The predicted octanol–water partition coefficient (Wildman–Crippen LogP) is 2.68. The fourth-order valence-corrected chi connectivity index (χ4v) is 3.33. The third kappa shape index (κ3) is 2.31. The van der Waals surface area contributed by atoms with Crippen molar-refractivity contribution >= 4 is 33.2 Å². The van der Waals surface area contributed by atoms with Crippen LogP contribution < -0.4 is 0 Å². The minimum atomic E-state index is 0.123. The number of nitrogens with zero attached hydrogens (tertiary/aromatic N) is 1. The second-order valence-corrected chi connectivity index (χ2v) is 6.34. The lowest BCUT2D eigenvalue weighted by Gasteiger charge is -2.14. The molecule has 2 rings (SSSR count). The summed E-state index contributed by atoms with van der Waals surface area (Å²) in [5.41, 5.74) is 1.12. The Morgan fingerprint density at radius 1 is 1.69 bits per heavy atom. The first-order chi connectivity index (χ1) is 7.61. The van der Waals surface area contributed by atoms with Crippen molar-refractivity contribution in [2.45, 2.75) is 19.4 Å². The molecule has 0 spiro atoms. The van der Waals surface area contributed by atoms with Gasteiger partial charge in [0, 0.05) is 20.2 Å². The van der Waals surface area contributed by atoms with Crippen LogP contribution in [0.25, 0.3) is 0 Å². The Morgan fingerprint density at radius 2 is 2.44 bits per heavy atom. The van der Waals surface area contributed by atoms with Gasteiger partial charge >= 0.3 is 0 Å². The van der Waals surface area contributed by atoms with Crippen molar-refractivity contribution in [2.24, 2.45) is 0 Å². The number of rotatable bonds is 2. The van der Waals surface area contributed by atoms with Crippen LogP contribution in [-0.4, -0.2) is 37.1 Å². The largest absolute Gasteiger partial charge is 0.380 e. The molecule has 0 bridgehead atoms. The standard InChI is InChI=1S/C11H14BrNO2S/c1-7-5-9(16-10(7)12)11(14)13-4-3-8(6-13)15-2/h5,8H,3-4,6H2,1-2H3. The number of likely N-dealkylation sites (tertiary alicyclic amines) is 1. The normalized spacial score (nSPS) is 20.4. The lowest BCUT2D eigenvalue weighted by atomic mass is 10.3. The summed E-state index contributed by atoms with van der Waals surface area (Å²) in [6, 6.07) is 1.94. The van der Waals surface area contributed by atoms with E-state index in [-0.39, 0.29) is 12.0 Å². The average molecular weight is 304 g/mol. The zero-order chi connectivity index (χ0) is 11.7. The Labute approximate surface area is 108 Å². The lowest BCUT2D eigenvalue weighted by Crippen LogP contribution is -2.29. The van der Waals surface area contributed by atoms with Crippen LogP contribution in [0.5, 0.6) is 0 Å². The molecule has 1 aliphatic heterocycles. The van der Waals surface area contributed by atoms with Crippen LogP contribution >= 0.6 is 27.3 Å². The number of ether oxygens (including phenoxy) is 1. The second kappa shape index (κ2) is 4.85. The number of hydrogen-bond acceptors (Lipinski definition) is 3. The van der Waals surface area contributed by atoms with Gasteiger partial charge in [0.25, 0.3) is 5.91 Å². The minimum absolute atomic E-state index is 0.123. The zero-order valence-electron chi connectivity index (χ0n) is 9.33. The van der Waals surface area contributed by atoms with Crippen molar-refractivity contribution in [1.82, 2.24) is 4.90 Å². The molecule has 0 aromatic carbocycles. The summed E-state index contributed by atoms with van der Waals surface area (Å²) in [4.78, 5) is 14.8. The van der Waals surface area contributed by atoms with Gasteiger partial charge in [0.2, 0.25) is 0 Å². The molecule has 0 saturated carbocycles. The summed E-state index contributed by atoms with van der Waals surface area (Å²) in [7, 11) is 1.70. The van der Waals surface area contributed by atoms with E-state index in [1.807, 2.05) is 17.9 Å². The van der Waals surface area contributed by atoms with E-state index < -0.39 is 0 Å². The summed E-state index contributed by atoms with van der Waals surface area (Å²) in [5, 5.41) is 0. The smallest absolute Gasteiger partial charge is 0.264 e. The van der Waals surface area contributed by atoms with Gasteiger partial charge in [-0.25, -0.2) is 0 Å². The highest BCUT2D eigenvalue weighted by atomic mass is 79.9. The molecule has 0 N–H and O–H groups in total. The molecule has 1 atom stereocenters. The molecule has 0 radical (unpaired) electrons. The van der Waals surface area contributed by atoms with Crippen molar-refractivity contribution in [3.8, 4) is 0 Å². The van der Waals surface area contributed by atoms with Gasteiger partial charge in [-0.05, 0) is 40.9 Å². The molecule has 5 heteroatoms. The number of amides is 1. The maximum absolute atomic E-state index is 12.1. The molecule has 0 aliphatic carbocycles. The topological polar surface area (TPSA) is 29.5 Å². The van der Waals surface area contributed by atoms with Crippen LogP contribution in [0, 0.1) is 6.92 Å².